The number of hydrogen-bond acceptors (Lipinski definition) is 6. The Morgan fingerprint density at radius 1 is 1.11 bits per heavy atom. The molecule has 1 amide bonds. The molecule has 6 nitrogen and oxygen atoms in total. The summed E-state index contributed by atoms with van der Waals surface area (Å²) in [5, 5.41) is 1.78. The topological polar surface area (TPSA) is 85.4 Å². The lowest BCUT2D eigenvalue weighted by atomic mass is 10.0. The summed E-state index contributed by atoms with van der Waals surface area (Å²) in [4.78, 5) is 16.1. The largest absolute Gasteiger partial charge is 0.484 e. The van der Waals surface area contributed by atoms with Crippen molar-refractivity contribution < 1.29 is 17.9 Å². The van der Waals surface area contributed by atoms with Crippen molar-refractivity contribution in [2.24, 2.45) is 0 Å². The van der Waals surface area contributed by atoms with Crippen molar-refractivity contribution in [3.05, 3.63) is 65.5 Å². The molecule has 3 rings (SSSR count). The van der Waals surface area contributed by atoms with Crippen molar-refractivity contribution in [1.82, 2.24) is 9.71 Å². The van der Waals surface area contributed by atoms with Crippen LogP contribution in [0.2, 0.25) is 0 Å². The van der Waals surface area contributed by atoms with E-state index in [9.17, 15) is 13.2 Å². The van der Waals surface area contributed by atoms with Crippen molar-refractivity contribution in [2.45, 2.75) is 24.8 Å². The van der Waals surface area contributed by atoms with Gasteiger partial charge in [-0.1, -0.05) is 56.3 Å². The molecule has 1 N–H and O–H groups in total. The van der Waals surface area contributed by atoms with Gasteiger partial charge in [0.25, 0.3) is 15.9 Å². The highest BCUT2D eigenvalue weighted by Crippen LogP contribution is 2.25. The summed E-state index contributed by atoms with van der Waals surface area (Å²) in [6, 6.07) is 16.6. The first kappa shape index (κ1) is 20.0. The molecule has 1 aromatic heterocycles. The van der Waals surface area contributed by atoms with Crippen LogP contribution < -0.4 is 9.46 Å². The van der Waals surface area contributed by atoms with E-state index in [-0.39, 0.29) is 5.03 Å². The van der Waals surface area contributed by atoms with Gasteiger partial charge in [-0.05, 0) is 23.6 Å². The van der Waals surface area contributed by atoms with Crippen LogP contribution in [0.4, 0.5) is 0 Å². The maximum atomic E-state index is 12.4. The Kier molecular flexibility index (Phi) is 6.11. The molecule has 0 saturated heterocycles. The molecule has 3 aromatic rings. The van der Waals surface area contributed by atoms with Crippen LogP contribution in [0.25, 0.3) is 10.6 Å². The number of carbonyl (C=O) groups is 1. The van der Waals surface area contributed by atoms with Gasteiger partial charge in [0.2, 0.25) is 0 Å². The first-order valence-corrected chi connectivity index (χ1v) is 11.0. The minimum atomic E-state index is -4.05. The molecule has 2 aromatic carbocycles. The Balaban J connectivity index is 1.61. The van der Waals surface area contributed by atoms with Gasteiger partial charge in [0.15, 0.2) is 11.6 Å². The molecule has 0 atom stereocenters. The van der Waals surface area contributed by atoms with Gasteiger partial charge in [0, 0.05) is 10.9 Å². The zero-order valence-electron chi connectivity index (χ0n) is 15.5. The number of thiazole rings is 1. The fourth-order valence-electron chi connectivity index (χ4n) is 2.43. The lowest BCUT2D eigenvalue weighted by Crippen LogP contribution is -2.34. The number of ether oxygens (including phenoxy) is 1. The quantitative estimate of drug-likeness (QED) is 0.633. The Morgan fingerprint density at radius 3 is 2.43 bits per heavy atom. The van der Waals surface area contributed by atoms with Crippen molar-refractivity contribution in [3.8, 4) is 16.3 Å². The first-order valence-electron chi connectivity index (χ1n) is 8.64. The van der Waals surface area contributed by atoms with Gasteiger partial charge in [-0.25, -0.2) is 9.71 Å². The smallest absolute Gasteiger partial charge is 0.282 e. The summed E-state index contributed by atoms with van der Waals surface area (Å²) in [5.74, 6) is 0.126. The summed E-state index contributed by atoms with van der Waals surface area (Å²) < 4.78 is 32.1. The van der Waals surface area contributed by atoms with E-state index in [0.717, 1.165) is 11.1 Å². The maximum absolute atomic E-state index is 12.4. The second-order valence-corrected chi connectivity index (χ2v) is 8.89. The molecule has 0 radical (unpaired) electrons. The number of rotatable bonds is 7. The van der Waals surface area contributed by atoms with Crippen LogP contribution in [-0.2, 0) is 14.8 Å². The zero-order chi connectivity index (χ0) is 20.1. The Morgan fingerprint density at radius 2 is 1.79 bits per heavy atom. The maximum Gasteiger partial charge on any atom is 0.282 e. The van der Waals surface area contributed by atoms with Gasteiger partial charge in [-0.3, -0.25) is 4.79 Å². The lowest BCUT2D eigenvalue weighted by Gasteiger charge is -2.09. The molecule has 8 heteroatoms. The predicted octanol–water partition coefficient (Wildman–Crippen LogP) is 3.82. The van der Waals surface area contributed by atoms with Crippen LogP contribution in [0.5, 0.6) is 5.75 Å². The molecule has 146 valence electrons. The van der Waals surface area contributed by atoms with Crippen molar-refractivity contribution >= 4 is 27.3 Å². The number of amides is 1. The predicted molar refractivity (Wildman–Crippen MR) is 109 cm³/mol. The second kappa shape index (κ2) is 8.53. The molecule has 0 saturated carbocycles. The first-order chi connectivity index (χ1) is 13.3. The monoisotopic (exact) mass is 416 g/mol. The molecule has 28 heavy (non-hydrogen) atoms. The highest BCUT2D eigenvalue weighted by Gasteiger charge is 2.21. The van der Waals surface area contributed by atoms with Gasteiger partial charge in [0.05, 0.1) is 0 Å². The van der Waals surface area contributed by atoms with E-state index in [1.807, 2.05) is 47.2 Å². The Bertz CT molecular complexity index is 1040. The van der Waals surface area contributed by atoms with E-state index in [1.165, 1.54) is 16.7 Å². The van der Waals surface area contributed by atoms with E-state index >= 15 is 0 Å². The van der Waals surface area contributed by atoms with Crippen molar-refractivity contribution in [1.29, 1.82) is 0 Å². The van der Waals surface area contributed by atoms with Crippen molar-refractivity contribution in [3.63, 3.8) is 0 Å². The molecular formula is C20H20N2O4S2. The summed E-state index contributed by atoms with van der Waals surface area (Å²) >= 11 is 1.20. The number of nitrogens with zero attached hydrogens (tertiary/aromatic N) is 1. The highest BCUT2D eigenvalue weighted by atomic mass is 32.2. The normalized spacial score (nSPS) is 11.4. The number of benzene rings is 2. The Labute approximate surface area is 168 Å². The number of nitrogens with one attached hydrogen (secondary N) is 1. The Hall–Kier alpha value is -2.71. The van der Waals surface area contributed by atoms with Crippen molar-refractivity contribution in [2.75, 3.05) is 6.61 Å². The van der Waals surface area contributed by atoms with Crippen LogP contribution in [-0.4, -0.2) is 25.9 Å². The third-order valence-electron chi connectivity index (χ3n) is 3.94. The van der Waals surface area contributed by atoms with E-state index < -0.39 is 22.5 Å². The van der Waals surface area contributed by atoms with Gasteiger partial charge < -0.3 is 4.74 Å². The van der Waals surface area contributed by atoms with Crippen LogP contribution in [0.3, 0.4) is 0 Å². The summed E-state index contributed by atoms with van der Waals surface area (Å²) in [5.41, 5.74) is 1.96. The third-order valence-corrected chi connectivity index (χ3v) is 6.24. The molecule has 0 aliphatic carbocycles. The number of aromatic nitrogens is 1. The van der Waals surface area contributed by atoms with Gasteiger partial charge in [-0.15, -0.1) is 11.3 Å². The second-order valence-electron chi connectivity index (χ2n) is 6.40. The average Bonchev–Trinajstić information content (AvgIpc) is 3.18. The molecule has 0 bridgehead atoms. The van der Waals surface area contributed by atoms with Crippen LogP contribution >= 0.6 is 11.3 Å². The minimum absolute atomic E-state index is 0.189. The van der Waals surface area contributed by atoms with Crippen LogP contribution in [0, 0.1) is 0 Å². The van der Waals surface area contributed by atoms with E-state index in [4.69, 9.17) is 4.74 Å². The molecule has 0 fully saturated rings. The third kappa shape index (κ3) is 4.96. The number of carbonyl (C=O) groups excluding carboxylic acids is 1. The molecule has 0 unspecified atom stereocenters. The number of sulfonamides is 1. The SMILES string of the molecule is CC(C)c1ccc(OCC(=O)NS(=O)(=O)c2csc(-c3ccccc3)n2)cc1. The zero-order valence-corrected chi connectivity index (χ0v) is 17.1. The summed E-state index contributed by atoms with van der Waals surface area (Å²) in [7, 11) is -4.05. The van der Waals surface area contributed by atoms with Gasteiger partial charge in [0.1, 0.15) is 10.8 Å². The fraction of sp³-hybridized carbons (Fsp3) is 0.200. The van der Waals surface area contributed by atoms with Crippen LogP contribution in [0.15, 0.2) is 65.0 Å². The molecule has 0 spiro atoms. The van der Waals surface area contributed by atoms with E-state index in [0.29, 0.717) is 16.7 Å². The van der Waals surface area contributed by atoms with Crippen LogP contribution in [0.1, 0.15) is 25.3 Å². The summed E-state index contributed by atoms with van der Waals surface area (Å²) in [6.07, 6.45) is 0. The summed E-state index contributed by atoms with van der Waals surface area (Å²) in [6.45, 7) is 3.75. The van der Waals surface area contributed by atoms with E-state index in [2.05, 4.69) is 18.8 Å². The average molecular weight is 417 g/mol. The van der Waals surface area contributed by atoms with E-state index in [1.54, 1.807) is 12.1 Å². The standard InChI is InChI=1S/C20H20N2O4S2/c1-14(2)15-8-10-17(11-9-15)26-12-18(23)22-28(24,25)19-13-27-20(21-19)16-6-4-3-5-7-16/h3-11,13-14H,12H2,1-2H3,(H,22,23). The molecular weight excluding hydrogens is 396 g/mol. The number of hydrogen-bond donors (Lipinski definition) is 1. The molecule has 0 aliphatic heterocycles. The lowest BCUT2D eigenvalue weighted by molar-refractivity contribution is -0.121. The van der Waals surface area contributed by atoms with Gasteiger partial charge in [-0.2, -0.15) is 8.42 Å². The van der Waals surface area contributed by atoms with Gasteiger partial charge >= 0.3 is 0 Å². The molecule has 0 aliphatic rings. The fourth-order valence-corrected chi connectivity index (χ4v) is 4.50. The minimum Gasteiger partial charge on any atom is -0.484 e. The highest BCUT2D eigenvalue weighted by molar-refractivity contribution is 7.90. The molecule has 1 heterocycles.